The summed E-state index contributed by atoms with van der Waals surface area (Å²) in [5.41, 5.74) is 2.20. The minimum absolute atomic E-state index is 0.387. The highest BCUT2D eigenvalue weighted by Gasteiger charge is 2.19. The maximum Gasteiger partial charge on any atom is 0.124 e. The molecule has 1 unspecified atom stereocenters. The topological polar surface area (TPSA) is 40.7 Å². The van der Waals surface area contributed by atoms with Crippen molar-refractivity contribution in [2.75, 3.05) is 6.54 Å². The summed E-state index contributed by atoms with van der Waals surface area (Å²) in [4.78, 5) is 8.28. The molecule has 1 aliphatic rings. The van der Waals surface area contributed by atoms with Gasteiger partial charge in [-0.25, -0.2) is 4.98 Å². The van der Waals surface area contributed by atoms with E-state index < -0.39 is 0 Å². The molecule has 0 bridgehead atoms. The molecule has 2 aromatic carbocycles. The van der Waals surface area contributed by atoms with Gasteiger partial charge in [-0.05, 0) is 43.0 Å². The molecule has 0 amide bonds. The molecule has 0 aliphatic carbocycles. The summed E-state index contributed by atoms with van der Waals surface area (Å²) in [7, 11) is 0. The summed E-state index contributed by atoms with van der Waals surface area (Å²) < 4.78 is 1.10. The summed E-state index contributed by atoms with van der Waals surface area (Å²) >= 11 is 3.52. The number of benzene rings is 2. The van der Waals surface area contributed by atoms with Gasteiger partial charge in [0, 0.05) is 9.86 Å². The van der Waals surface area contributed by atoms with Crippen LogP contribution in [-0.2, 0) is 0 Å². The summed E-state index contributed by atoms with van der Waals surface area (Å²) in [6, 6.07) is 11.0. The Labute approximate surface area is 119 Å². The molecule has 2 N–H and O–H groups in total. The fraction of sp³-hybridized carbons (Fsp3) is 0.267. The van der Waals surface area contributed by atoms with Gasteiger partial charge in [0.25, 0.3) is 0 Å². The number of halogens is 1. The molecular weight excluding hydrogens is 302 g/mol. The third-order valence-corrected chi connectivity index (χ3v) is 4.33. The molecule has 19 heavy (non-hydrogen) atoms. The van der Waals surface area contributed by atoms with Crippen LogP contribution in [0.15, 0.2) is 34.8 Å². The van der Waals surface area contributed by atoms with Gasteiger partial charge in [-0.2, -0.15) is 0 Å². The fourth-order valence-corrected chi connectivity index (χ4v) is 3.25. The van der Waals surface area contributed by atoms with E-state index in [1.165, 1.54) is 23.6 Å². The van der Waals surface area contributed by atoms with Gasteiger partial charge in [0.15, 0.2) is 0 Å². The zero-order chi connectivity index (χ0) is 12.8. The molecule has 3 aromatic rings. The van der Waals surface area contributed by atoms with Crippen molar-refractivity contribution in [2.45, 2.75) is 18.9 Å². The van der Waals surface area contributed by atoms with E-state index in [0.29, 0.717) is 6.04 Å². The van der Waals surface area contributed by atoms with E-state index >= 15 is 0 Å². The Bertz CT molecular complexity index is 757. The number of nitrogens with zero attached hydrogens (tertiary/aromatic N) is 1. The smallest absolute Gasteiger partial charge is 0.124 e. The highest BCUT2D eigenvalue weighted by molar-refractivity contribution is 9.10. The second-order valence-electron chi connectivity index (χ2n) is 5.10. The quantitative estimate of drug-likeness (QED) is 0.715. The highest BCUT2D eigenvalue weighted by Crippen LogP contribution is 2.29. The maximum absolute atomic E-state index is 4.82. The monoisotopic (exact) mass is 315 g/mol. The van der Waals surface area contributed by atoms with Crippen molar-refractivity contribution in [1.82, 2.24) is 15.3 Å². The number of fused-ring (bicyclic) bond motifs is 3. The van der Waals surface area contributed by atoms with Crippen molar-refractivity contribution in [3.05, 3.63) is 40.6 Å². The van der Waals surface area contributed by atoms with E-state index in [1.807, 2.05) is 0 Å². The van der Waals surface area contributed by atoms with Crippen molar-refractivity contribution in [1.29, 1.82) is 0 Å². The number of H-pyrrole nitrogens is 1. The van der Waals surface area contributed by atoms with E-state index in [4.69, 9.17) is 4.98 Å². The predicted molar refractivity (Wildman–Crippen MR) is 81.3 cm³/mol. The van der Waals surface area contributed by atoms with Crippen LogP contribution in [0.1, 0.15) is 24.7 Å². The largest absolute Gasteiger partial charge is 0.341 e. The molecule has 1 atom stereocenters. The Kier molecular flexibility index (Phi) is 2.60. The van der Waals surface area contributed by atoms with Crippen molar-refractivity contribution in [3.8, 4) is 0 Å². The molecule has 0 spiro atoms. The summed E-state index contributed by atoms with van der Waals surface area (Å²) in [5.74, 6) is 1.07. The van der Waals surface area contributed by atoms with Crippen LogP contribution in [0.2, 0.25) is 0 Å². The van der Waals surface area contributed by atoms with Gasteiger partial charge in [0.05, 0.1) is 17.1 Å². The third kappa shape index (κ3) is 1.86. The Hall–Kier alpha value is -1.39. The van der Waals surface area contributed by atoms with Gasteiger partial charge < -0.3 is 10.3 Å². The molecule has 0 radical (unpaired) electrons. The minimum Gasteiger partial charge on any atom is -0.341 e. The number of hydrogen-bond acceptors (Lipinski definition) is 2. The second-order valence-corrected chi connectivity index (χ2v) is 6.01. The van der Waals surface area contributed by atoms with Gasteiger partial charge in [0.2, 0.25) is 0 Å². The summed E-state index contributed by atoms with van der Waals surface area (Å²) in [6.07, 6.45) is 2.40. The van der Waals surface area contributed by atoms with Gasteiger partial charge in [-0.15, -0.1) is 0 Å². The van der Waals surface area contributed by atoms with Crippen molar-refractivity contribution in [2.24, 2.45) is 0 Å². The molecule has 0 saturated carbocycles. The molecule has 1 aliphatic heterocycles. The van der Waals surface area contributed by atoms with E-state index in [2.05, 4.69) is 56.6 Å². The van der Waals surface area contributed by atoms with Crippen LogP contribution in [0.3, 0.4) is 0 Å². The second kappa shape index (κ2) is 4.32. The first kappa shape index (κ1) is 11.4. The number of imidazole rings is 1. The lowest BCUT2D eigenvalue weighted by Gasteiger charge is -2.04. The molecule has 1 aromatic heterocycles. The molecule has 1 fully saturated rings. The van der Waals surface area contributed by atoms with Crippen LogP contribution in [0.25, 0.3) is 21.8 Å². The average molecular weight is 316 g/mol. The van der Waals surface area contributed by atoms with Crippen LogP contribution >= 0.6 is 15.9 Å². The van der Waals surface area contributed by atoms with E-state index in [-0.39, 0.29) is 0 Å². The van der Waals surface area contributed by atoms with E-state index in [0.717, 1.165) is 27.9 Å². The molecule has 4 heteroatoms. The number of aromatic nitrogens is 2. The lowest BCUT2D eigenvalue weighted by molar-refractivity contribution is 0.614. The number of rotatable bonds is 1. The van der Waals surface area contributed by atoms with Crippen LogP contribution in [0, 0.1) is 0 Å². The highest BCUT2D eigenvalue weighted by atomic mass is 79.9. The number of hydrogen-bond donors (Lipinski definition) is 2. The predicted octanol–water partition coefficient (Wildman–Crippen LogP) is 3.90. The van der Waals surface area contributed by atoms with Crippen LogP contribution in [-0.4, -0.2) is 16.5 Å². The Morgan fingerprint density at radius 2 is 2.16 bits per heavy atom. The Balaban J connectivity index is 1.94. The molecule has 96 valence electrons. The van der Waals surface area contributed by atoms with Crippen LogP contribution in [0.4, 0.5) is 0 Å². The fourth-order valence-electron chi connectivity index (χ4n) is 2.87. The third-order valence-electron chi connectivity index (χ3n) is 3.84. The lowest BCUT2D eigenvalue weighted by Crippen LogP contribution is -2.13. The van der Waals surface area contributed by atoms with E-state index in [1.54, 1.807) is 0 Å². The SMILES string of the molecule is Brc1ccc2c(ccc3[nH]c(C4CCCN4)nc32)c1. The first-order valence-corrected chi connectivity index (χ1v) is 7.42. The average Bonchev–Trinajstić information content (AvgIpc) is 3.06. The standard InChI is InChI=1S/C15H14BrN3/c16-10-4-5-11-9(8-10)3-6-12-14(11)19-15(18-12)13-2-1-7-17-13/h3-6,8,13,17H,1-2,7H2,(H,18,19). The Morgan fingerprint density at radius 3 is 3.00 bits per heavy atom. The molecule has 4 rings (SSSR count). The molecule has 1 saturated heterocycles. The van der Waals surface area contributed by atoms with Crippen LogP contribution in [0.5, 0.6) is 0 Å². The Morgan fingerprint density at radius 1 is 1.21 bits per heavy atom. The van der Waals surface area contributed by atoms with Gasteiger partial charge in [-0.3, -0.25) is 0 Å². The van der Waals surface area contributed by atoms with E-state index in [9.17, 15) is 0 Å². The number of aromatic amines is 1. The zero-order valence-electron chi connectivity index (χ0n) is 10.4. The normalized spacial score (nSPS) is 19.5. The number of nitrogens with one attached hydrogen (secondary N) is 2. The molecule has 2 heterocycles. The lowest BCUT2D eigenvalue weighted by atomic mass is 10.1. The zero-order valence-corrected chi connectivity index (χ0v) is 12.0. The van der Waals surface area contributed by atoms with Crippen molar-refractivity contribution < 1.29 is 0 Å². The van der Waals surface area contributed by atoms with Gasteiger partial charge in [-0.1, -0.05) is 28.1 Å². The van der Waals surface area contributed by atoms with Crippen LogP contribution < -0.4 is 5.32 Å². The minimum atomic E-state index is 0.387. The first-order chi connectivity index (χ1) is 9.31. The van der Waals surface area contributed by atoms with Crippen molar-refractivity contribution >= 4 is 37.7 Å². The maximum atomic E-state index is 4.82. The molecular formula is C15H14BrN3. The van der Waals surface area contributed by atoms with Gasteiger partial charge in [0.1, 0.15) is 5.82 Å². The van der Waals surface area contributed by atoms with Crippen molar-refractivity contribution in [3.63, 3.8) is 0 Å². The van der Waals surface area contributed by atoms with Gasteiger partial charge >= 0.3 is 0 Å². The summed E-state index contributed by atoms with van der Waals surface area (Å²) in [6.45, 7) is 1.09. The first-order valence-electron chi connectivity index (χ1n) is 6.62. The molecule has 3 nitrogen and oxygen atoms in total. The summed E-state index contributed by atoms with van der Waals surface area (Å²) in [5, 5.41) is 5.92.